The monoisotopic (exact) mass is 386 g/mol. The molecule has 2 amide bonds. The van der Waals surface area contributed by atoms with Gasteiger partial charge >= 0.3 is 0 Å². The van der Waals surface area contributed by atoms with E-state index in [4.69, 9.17) is 11.6 Å². The van der Waals surface area contributed by atoms with Crippen LogP contribution in [0, 0.1) is 0 Å². The molecule has 6 nitrogen and oxygen atoms in total. The summed E-state index contributed by atoms with van der Waals surface area (Å²) < 4.78 is 1.92. The minimum atomic E-state index is -0.307. The lowest BCUT2D eigenvalue weighted by atomic mass is 10.1. The third kappa shape index (κ3) is 3.72. The number of anilines is 1. The number of amides is 2. The number of hydrogen-bond acceptors (Lipinski definition) is 3. The molecule has 1 aromatic heterocycles. The molecule has 27 heavy (non-hydrogen) atoms. The molecule has 0 bridgehead atoms. The number of imidazole rings is 1. The van der Waals surface area contributed by atoms with E-state index in [2.05, 4.69) is 10.3 Å². The van der Waals surface area contributed by atoms with Crippen LogP contribution in [-0.4, -0.2) is 39.4 Å². The zero-order valence-electron chi connectivity index (χ0n) is 15.2. The summed E-state index contributed by atoms with van der Waals surface area (Å²) in [5.41, 5.74) is 1.96. The van der Waals surface area contributed by atoms with Crippen LogP contribution < -0.4 is 5.32 Å². The number of nitrogens with one attached hydrogen (secondary N) is 1. The van der Waals surface area contributed by atoms with Gasteiger partial charge in [-0.3, -0.25) is 9.59 Å². The lowest BCUT2D eigenvalue weighted by molar-refractivity contribution is 0.0717. The summed E-state index contributed by atoms with van der Waals surface area (Å²) in [5.74, 6) is -0.0368. The summed E-state index contributed by atoms with van der Waals surface area (Å²) in [6.07, 6.45) is 6.01. The van der Waals surface area contributed by atoms with E-state index in [1.165, 1.54) is 6.42 Å². The second kappa shape index (κ2) is 7.72. The molecule has 0 aliphatic carbocycles. The molecule has 2 aliphatic heterocycles. The maximum absolute atomic E-state index is 13.0. The van der Waals surface area contributed by atoms with Gasteiger partial charge in [0.05, 0.1) is 5.69 Å². The SMILES string of the molecule is O=C(Nc1cccc(Cl)c1)c1nc(C(=O)N2CCCCC2)c2n1CCCC2. The lowest BCUT2D eigenvalue weighted by Gasteiger charge is -2.26. The molecule has 2 aliphatic rings. The summed E-state index contributed by atoms with van der Waals surface area (Å²) in [5, 5.41) is 3.40. The van der Waals surface area contributed by atoms with Crippen molar-refractivity contribution in [3.63, 3.8) is 0 Å². The van der Waals surface area contributed by atoms with Gasteiger partial charge in [0, 0.05) is 30.3 Å². The average Bonchev–Trinajstić information content (AvgIpc) is 3.08. The molecule has 0 atom stereocenters. The van der Waals surface area contributed by atoms with Gasteiger partial charge in [-0.05, 0) is 56.7 Å². The molecule has 2 aromatic rings. The van der Waals surface area contributed by atoms with E-state index in [0.717, 1.165) is 50.9 Å². The Morgan fingerprint density at radius 3 is 2.59 bits per heavy atom. The normalized spacial score (nSPS) is 16.7. The van der Waals surface area contributed by atoms with Crippen LogP contribution in [0.15, 0.2) is 24.3 Å². The average molecular weight is 387 g/mol. The number of rotatable bonds is 3. The molecular formula is C20H23ClN4O2. The standard InChI is InChI=1S/C20H23ClN4O2/c21-14-7-6-8-15(13-14)22-19(26)18-23-17(16-9-2-5-12-25(16)18)20(27)24-10-3-1-4-11-24/h6-8,13H,1-5,9-12H2,(H,22,26). The number of benzene rings is 1. The van der Waals surface area contributed by atoms with Crippen LogP contribution in [0.3, 0.4) is 0 Å². The van der Waals surface area contributed by atoms with Crippen molar-refractivity contribution in [3.05, 3.63) is 46.5 Å². The molecule has 1 aromatic carbocycles. The zero-order chi connectivity index (χ0) is 18.8. The number of aromatic nitrogens is 2. The van der Waals surface area contributed by atoms with Crippen LogP contribution in [0.25, 0.3) is 0 Å². The minimum Gasteiger partial charge on any atom is -0.337 e. The zero-order valence-corrected chi connectivity index (χ0v) is 16.0. The fourth-order valence-electron chi connectivity index (χ4n) is 3.89. The number of fused-ring (bicyclic) bond motifs is 1. The number of carbonyl (C=O) groups is 2. The maximum Gasteiger partial charge on any atom is 0.291 e. The summed E-state index contributed by atoms with van der Waals surface area (Å²) >= 11 is 6.00. The third-order valence-corrected chi connectivity index (χ3v) is 5.48. The van der Waals surface area contributed by atoms with Gasteiger partial charge in [0.1, 0.15) is 5.69 Å². The Bertz CT molecular complexity index is 871. The van der Waals surface area contributed by atoms with E-state index in [0.29, 0.717) is 28.8 Å². The Labute approximate surface area is 163 Å². The van der Waals surface area contributed by atoms with Gasteiger partial charge in [0.25, 0.3) is 11.8 Å². The molecule has 4 rings (SSSR count). The van der Waals surface area contributed by atoms with Crippen molar-refractivity contribution in [1.82, 2.24) is 14.5 Å². The van der Waals surface area contributed by atoms with Crippen molar-refractivity contribution < 1.29 is 9.59 Å². The predicted molar refractivity (Wildman–Crippen MR) is 104 cm³/mol. The van der Waals surface area contributed by atoms with E-state index in [1.807, 2.05) is 9.47 Å². The Kier molecular flexibility index (Phi) is 5.16. The number of likely N-dealkylation sites (tertiary alicyclic amines) is 1. The molecule has 1 fully saturated rings. The van der Waals surface area contributed by atoms with Gasteiger partial charge in [-0.1, -0.05) is 17.7 Å². The lowest BCUT2D eigenvalue weighted by Crippen LogP contribution is -2.36. The van der Waals surface area contributed by atoms with E-state index in [-0.39, 0.29) is 11.8 Å². The first-order chi connectivity index (χ1) is 13.1. The van der Waals surface area contributed by atoms with Gasteiger partial charge in [-0.15, -0.1) is 0 Å². The van der Waals surface area contributed by atoms with Crippen LogP contribution in [-0.2, 0) is 13.0 Å². The Morgan fingerprint density at radius 2 is 1.81 bits per heavy atom. The van der Waals surface area contributed by atoms with Crippen molar-refractivity contribution in [2.75, 3.05) is 18.4 Å². The van der Waals surface area contributed by atoms with Crippen LogP contribution in [0.5, 0.6) is 0 Å². The van der Waals surface area contributed by atoms with Crippen LogP contribution in [0.1, 0.15) is 58.9 Å². The second-order valence-electron chi connectivity index (χ2n) is 7.16. The number of carbonyl (C=O) groups excluding carboxylic acids is 2. The van der Waals surface area contributed by atoms with Crippen LogP contribution >= 0.6 is 11.6 Å². The van der Waals surface area contributed by atoms with Crippen molar-refractivity contribution in [3.8, 4) is 0 Å². The molecule has 1 N–H and O–H groups in total. The van der Waals surface area contributed by atoms with Crippen LogP contribution in [0.2, 0.25) is 5.02 Å². The molecule has 7 heteroatoms. The van der Waals surface area contributed by atoms with E-state index in [1.54, 1.807) is 24.3 Å². The predicted octanol–water partition coefficient (Wildman–Crippen LogP) is 3.75. The summed E-state index contributed by atoms with van der Waals surface area (Å²) in [6.45, 7) is 2.26. The number of piperidine rings is 1. The summed E-state index contributed by atoms with van der Waals surface area (Å²) in [6, 6.07) is 7.01. The molecule has 1 saturated heterocycles. The Balaban J connectivity index is 1.63. The van der Waals surface area contributed by atoms with Gasteiger partial charge in [-0.25, -0.2) is 4.98 Å². The first-order valence-corrected chi connectivity index (χ1v) is 9.97. The second-order valence-corrected chi connectivity index (χ2v) is 7.59. The van der Waals surface area contributed by atoms with Crippen molar-refractivity contribution in [2.24, 2.45) is 0 Å². The van der Waals surface area contributed by atoms with E-state index < -0.39 is 0 Å². The number of halogens is 1. The molecule has 0 radical (unpaired) electrons. The van der Waals surface area contributed by atoms with E-state index in [9.17, 15) is 9.59 Å². The third-order valence-electron chi connectivity index (χ3n) is 5.25. The van der Waals surface area contributed by atoms with Crippen molar-refractivity contribution in [1.29, 1.82) is 0 Å². The summed E-state index contributed by atoms with van der Waals surface area (Å²) in [7, 11) is 0. The van der Waals surface area contributed by atoms with Crippen molar-refractivity contribution >= 4 is 29.1 Å². The largest absolute Gasteiger partial charge is 0.337 e. The quantitative estimate of drug-likeness (QED) is 0.873. The highest BCUT2D eigenvalue weighted by Crippen LogP contribution is 2.24. The molecule has 0 spiro atoms. The van der Waals surface area contributed by atoms with Gasteiger partial charge in [0.15, 0.2) is 5.82 Å². The van der Waals surface area contributed by atoms with Gasteiger partial charge in [0.2, 0.25) is 0 Å². The molecular weight excluding hydrogens is 364 g/mol. The first-order valence-electron chi connectivity index (χ1n) is 9.59. The highest BCUT2D eigenvalue weighted by Gasteiger charge is 2.30. The van der Waals surface area contributed by atoms with Crippen LogP contribution in [0.4, 0.5) is 5.69 Å². The fraction of sp³-hybridized carbons (Fsp3) is 0.450. The summed E-state index contributed by atoms with van der Waals surface area (Å²) in [4.78, 5) is 32.2. The Hall–Kier alpha value is -2.34. The minimum absolute atomic E-state index is 0.0397. The topological polar surface area (TPSA) is 67.2 Å². The Morgan fingerprint density at radius 1 is 1.04 bits per heavy atom. The number of nitrogens with zero attached hydrogens (tertiary/aromatic N) is 3. The highest BCUT2D eigenvalue weighted by molar-refractivity contribution is 6.30. The van der Waals surface area contributed by atoms with Gasteiger partial charge in [-0.2, -0.15) is 0 Å². The number of hydrogen-bond donors (Lipinski definition) is 1. The smallest absolute Gasteiger partial charge is 0.291 e. The first kappa shape index (κ1) is 18.0. The molecule has 142 valence electrons. The highest BCUT2D eigenvalue weighted by atomic mass is 35.5. The maximum atomic E-state index is 13.0. The van der Waals surface area contributed by atoms with Gasteiger partial charge < -0.3 is 14.8 Å². The molecule has 0 unspecified atom stereocenters. The van der Waals surface area contributed by atoms with Crippen molar-refractivity contribution in [2.45, 2.75) is 45.1 Å². The fourth-order valence-corrected chi connectivity index (χ4v) is 4.08. The molecule has 3 heterocycles. The van der Waals surface area contributed by atoms with E-state index >= 15 is 0 Å². The molecule has 0 saturated carbocycles.